The minimum Gasteiger partial charge on any atom is -0.465 e. The second-order valence-electron chi connectivity index (χ2n) is 5.96. The van der Waals surface area contributed by atoms with Gasteiger partial charge < -0.3 is 4.74 Å². The van der Waals surface area contributed by atoms with Crippen LogP contribution in [0.5, 0.6) is 0 Å². The molecule has 2 nitrogen and oxygen atoms in total. The van der Waals surface area contributed by atoms with Gasteiger partial charge in [-0.25, -0.2) is 0 Å². The number of unbranched alkanes of at least 4 members (excludes halogenated alkanes) is 4. The Morgan fingerprint density at radius 1 is 1.19 bits per heavy atom. The highest BCUT2D eigenvalue weighted by atomic mass is 32.2. The standard InChI is InChI=1S/C18H32O2S/c1-4-7-9-11-15-13-17(18(19)20-6-3)21-14-16(15)12-10-8-5-2/h14-15,17H,4-13H2,1-3H3. The summed E-state index contributed by atoms with van der Waals surface area (Å²) in [4.78, 5) is 12.0. The van der Waals surface area contributed by atoms with E-state index in [1.54, 1.807) is 17.3 Å². The lowest BCUT2D eigenvalue weighted by atomic mass is 9.86. The van der Waals surface area contributed by atoms with E-state index in [1.165, 1.54) is 51.4 Å². The molecule has 0 amide bonds. The monoisotopic (exact) mass is 312 g/mol. The summed E-state index contributed by atoms with van der Waals surface area (Å²) in [6.45, 7) is 6.87. The molecule has 0 bridgehead atoms. The lowest BCUT2D eigenvalue weighted by Gasteiger charge is -2.28. The van der Waals surface area contributed by atoms with Crippen LogP contribution in [0.15, 0.2) is 11.0 Å². The summed E-state index contributed by atoms with van der Waals surface area (Å²) in [5.74, 6) is 0.580. The highest BCUT2D eigenvalue weighted by Crippen LogP contribution is 2.38. The molecule has 0 fully saturated rings. The van der Waals surface area contributed by atoms with E-state index in [0.717, 1.165) is 6.42 Å². The molecule has 3 heteroatoms. The van der Waals surface area contributed by atoms with E-state index in [2.05, 4.69) is 19.3 Å². The second-order valence-corrected chi connectivity index (χ2v) is 7.03. The van der Waals surface area contributed by atoms with Crippen LogP contribution >= 0.6 is 11.8 Å². The average molecular weight is 313 g/mol. The molecule has 1 heterocycles. The first kappa shape index (κ1) is 18.6. The molecule has 0 aliphatic carbocycles. The molecule has 1 aliphatic rings. The summed E-state index contributed by atoms with van der Waals surface area (Å²) in [6, 6.07) is 0. The first-order chi connectivity index (χ1) is 10.2. The first-order valence-corrected chi connectivity index (χ1v) is 9.68. The molecule has 0 saturated heterocycles. The summed E-state index contributed by atoms with van der Waals surface area (Å²) in [6.07, 6.45) is 11.1. The zero-order valence-corrected chi connectivity index (χ0v) is 14.8. The van der Waals surface area contributed by atoms with Crippen molar-refractivity contribution >= 4 is 17.7 Å². The third-order valence-electron chi connectivity index (χ3n) is 4.18. The maximum Gasteiger partial charge on any atom is 0.319 e. The fourth-order valence-electron chi connectivity index (χ4n) is 2.90. The Hall–Kier alpha value is -0.440. The van der Waals surface area contributed by atoms with Crippen molar-refractivity contribution in [1.29, 1.82) is 0 Å². The number of esters is 1. The lowest BCUT2D eigenvalue weighted by molar-refractivity contribution is -0.142. The number of hydrogen-bond donors (Lipinski definition) is 0. The van der Waals surface area contributed by atoms with Crippen molar-refractivity contribution < 1.29 is 9.53 Å². The van der Waals surface area contributed by atoms with E-state index in [1.807, 2.05) is 6.92 Å². The second kappa shape index (κ2) is 11.2. The van der Waals surface area contributed by atoms with Crippen LogP contribution in [0, 0.1) is 5.92 Å². The average Bonchev–Trinajstić information content (AvgIpc) is 2.49. The fourth-order valence-corrected chi connectivity index (χ4v) is 4.08. The number of rotatable bonds is 10. The van der Waals surface area contributed by atoms with Gasteiger partial charge >= 0.3 is 5.97 Å². The molecule has 0 spiro atoms. The Balaban J connectivity index is 2.58. The first-order valence-electron chi connectivity index (χ1n) is 8.73. The van der Waals surface area contributed by atoms with Crippen LogP contribution < -0.4 is 0 Å². The Labute approximate surface area is 135 Å². The van der Waals surface area contributed by atoms with Gasteiger partial charge in [-0.1, -0.05) is 51.5 Å². The predicted molar refractivity (Wildman–Crippen MR) is 92.5 cm³/mol. The number of ether oxygens (including phenoxy) is 1. The molecule has 0 aromatic heterocycles. The molecule has 2 unspecified atom stereocenters. The SMILES string of the molecule is CCCCCC1=CSC(C(=O)OCC)CC1CCCCC. The van der Waals surface area contributed by atoms with E-state index in [9.17, 15) is 4.79 Å². The molecule has 0 aromatic carbocycles. The fraction of sp³-hybridized carbons (Fsp3) is 0.833. The zero-order valence-electron chi connectivity index (χ0n) is 14.0. The smallest absolute Gasteiger partial charge is 0.319 e. The minimum atomic E-state index is -0.0214. The molecule has 0 saturated carbocycles. The van der Waals surface area contributed by atoms with Gasteiger partial charge in [0.15, 0.2) is 0 Å². The van der Waals surface area contributed by atoms with E-state index >= 15 is 0 Å². The predicted octanol–water partition coefficient (Wildman–Crippen LogP) is 5.72. The van der Waals surface area contributed by atoms with Crippen molar-refractivity contribution in [3.8, 4) is 0 Å². The molecule has 122 valence electrons. The van der Waals surface area contributed by atoms with E-state index in [-0.39, 0.29) is 11.2 Å². The van der Waals surface area contributed by atoms with E-state index in [4.69, 9.17) is 4.74 Å². The number of carbonyl (C=O) groups excluding carboxylic acids is 1. The number of hydrogen-bond acceptors (Lipinski definition) is 3. The van der Waals surface area contributed by atoms with Gasteiger partial charge in [0.2, 0.25) is 0 Å². The molecule has 1 rings (SSSR count). The van der Waals surface area contributed by atoms with Crippen molar-refractivity contribution in [3.63, 3.8) is 0 Å². The van der Waals surface area contributed by atoms with Crippen LogP contribution in [-0.2, 0) is 9.53 Å². The van der Waals surface area contributed by atoms with Gasteiger partial charge in [-0.3, -0.25) is 4.79 Å². The molecule has 0 radical (unpaired) electrons. The molecule has 0 aromatic rings. The van der Waals surface area contributed by atoms with E-state index < -0.39 is 0 Å². The van der Waals surface area contributed by atoms with Gasteiger partial charge in [0, 0.05) is 0 Å². The Bertz CT molecular complexity index is 325. The van der Waals surface area contributed by atoms with Gasteiger partial charge in [-0.2, -0.15) is 0 Å². The zero-order chi connectivity index (χ0) is 15.5. The van der Waals surface area contributed by atoms with E-state index in [0.29, 0.717) is 12.5 Å². The van der Waals surface area contributed by atoms with Crippen molar-refractivity contribution in [2.75, 3.05) is 6.61 Å². The lowest BCUT2D eigenvalue weighted by Crippen LogP contribution is -2.26. The van der Waals surface area contributed by atoms with Crippen LogP contribution in [-0.4, -0.2) is 17.8 Å². The van der Waals surface area contributed by atoms with Crippen molar-refractivity contribution in [3.05, 3.63) is 11.0 Å². The summed E-state index contributed by atoms with van der Waals surface area (Å²) >= 11 is 1.68. The summed E-state index contributed by atoms with van der Waals surface area (Å²) < 4.78 is 5.20. The normalized spacial score (nSPS) is 22.0. The summed E-state index contributed by atoms with van der Waals surface area (Å²) in [5, 5.41) is 2.30. The van der Waals surface area contributed by atoms with Gasteiger partial charge in [-0.05, 0) is 43.9 Å². The summed E-state index contributed by atoms with van der Waals surface area (Å²) in [7, 11) is 0. The van der Waals surface area contributed by atoms with Crippen LogP contribution in [0.25, 0.3) is 0 Å². The number of allylic oxidation sites excluding steroid dienone is 1. The van der Waals surface area contributed by atoms with Crippen LogP contribution in [0.4, 0.5) is 0 Å². The molecule has 1 aliphatic heterocycles. The van der Waals surface area contributed by atoms with Crippen molar-refractivity contribution in [1.82, 2.24) is 0 Å². The van der Waals surface area contributed by atoms with Gasteiger partial charge in [0.05, 0.1) is 6.61 Å². The molecule has 21 heavy (non-hydrogen) atoms. The van der Waals surface area contributed by atoms with Gasteiger partial charge in [-0.15, -0.1) is 11.8 Å². The van der Waals surface area contributed by atoms with Crippen molar-refractivity contribution in [2.45, 2.75) is 83.8 Å². The minimum absolute atomic E-state index is 0.0199. The largest absolute Gasteiger partial charge is 0.465 e. The van der Waals surface area contributed by atoms with Gasteiger partial charge in [0.25, 0.3) is 0 Å². The third kappa shape index (κ3) is 6.90. The topological polar surface area (TPSA) is 26.3 Å². The Morgan fingerprint density at radius 2 is 1.90 bits per heavy atom. The Kier molecular flexibility index (Phi) is 9.90. The molecule has 2 atom stereocenters. The highest BCUT2D eigenvalue weighted by Gasteiger charge is 2.29. The van der Waals surface area contributed by atoms with Crippen LogP contribution in [0.3, 0.4) is 0 Å². The molecule has 0 N–H and O–H groups in total. The highest BCUT2D eigenvalue weighted by molar-refractivity contribution is 8.03. The quantitative estimate of drug-likeness (QED) is 0.381. The molecular weight excluding hydrogens is 280 g/mol. The maximum absolute atomic E-state index is 12.0. The maximum atomic E-state index is 12.0. The van der Waals surface area contributed by atoms with Crippen LogP contribution in [0.2, 0.25) is 0 Å². The Morgan fingerprint density at radius 3 is 2.57 bits per heavy atom. The summed E-state index contributed by atoms with van der Waals surface area (Å²) in [5.41, 5.74) is 1.59. The van der Waals surface area contributed by atoms with Crippen LogP contribution in [0.1, 0.15) is 78.6 Å². The number of thioether (sulfide) groups is 1. The molecular formula is C18H32O2S. The van der Waals surface area contributed by atoms with Gasteiger partial charge in [0.1, 0.15) is 5.25 Å². The number of carbonyl (C=O) groups is 1. The third-order valence-corrected chi connectivity index (χ3v) is 5.33. The van der Waals surface area contributed by atoms with Crippen molar-refractivity contribution in [2.24, 2.45) is 5.92 Å².